The molecule has 1 aliphatic heterocycles. The van der Waals surface area contributed by atoms with Crippen molar-refractivity contribution in [1.29, 1.82) is 0 Å². The van der Waals surface area contributed by atoms with Gasteiger partial charge in [-0.1, -0.05) is 0 Å². The van der Waals surface area contributed by atoms with Crippen molar-refractivity contribution in [2.45, 2.75) is 44.7 Å². The Morgan fingerprint density at radius 1 is 1.50 bits per heavy atom. The molecular formula is C10H13F3N2O. The summed E-state index contributed by atoms with van der Waals surface area (Å²) in [4.78, 5) is 0. The van der Waals surface area contributed by atoms with Crippen LogP contribution in [0.15, 0.2) is 12.3 Å². The van der Waals surface area contributed by atoms with Crippen LogP contribution in [0, 0.1) is 0 Å². The van der Waals surface area contributed by atoms with Crippen molar-refractivity contribution < 1.29 is 17.9 Å². The standard InChI is InChI=1S/C10H13F3N2O/c1-7-2-3-8(16-7)6-15-5-4-9(14-15)10(11,12)13/h4-5,7-8H,2-3,6H2,1H3. The predicted molar refractivity (Wildman–Crippen MR) is 50.8 cm³/mol. The zero-order valence-electron chi connectivity index (χ0n) is 8.87. The van der Waals surface area contributed by atoms with Gasteiger partial charge >= 0.3 is 6.18 Å². The van der Waals surface area contributed by atoms with Gasteiger partial charge in [-0.2, -0.15) is 18.3 Å². The highest BCUT2D eigenvalue weighted by atomic mass is 19.4. The monoisotopic (exact) mass is 234 g/mol. The van der Waals surface area contributed by atoms with Crippen molar-refractivity contribution in [2.24, 2.45) is 0 Å². The summed E-state index contributed by atoms with van der Waals surface area (Å²) < 4.78 is 43.6. The first-order valence-electron chi connectivity index (χ1n) is 5.21. The lowest BCUT2D eigenvalue weighted by Crippen LogP contribution is -2.17. The fourth-order valence-electron chi connectivity index (χ4n) is 1.84. The second-order valence-corrected chi connectivity index (χ2v) is 4.07. The Labute approximate surface area is 91.2 Å². The van der Waals surface area contributed by atoms with Crippen LogP contribution >= 0.6 is 0 Å². The SMILES string of the molecule is CC1CCC(Cn2ccc(C(F)(F)F)n2)O1. The fraction of sp³-hybridized carbons (Fsp3) is 0.700. The van der Waals surface area contributed by atoms with Gasteiger partial charge in [-0.3, -0.25) is 4.68 Å². The molecule has 0 saturated carbocycles. The lowest BCUT2D eigenvalue weighted by atomic mass is 10.2. The molecule has 2 heterocycles. The van der Waals surface area contributed by atoms with Gasteiger partial charge in [0.25, 0.3) is 0 Å². The summed E-state index contributed by atoms with van der Waals surface area (Å²) in [6.45, 7) is 2.35. The average Bonchev–Trinajstić information content (AvgIpc) is 2.74. The third-order valence-electron chi connectivity index (χ3n) is 2.64. The van der Waals surface area contributed by atoms with E-state index in [1.807, 2.05) is 6.92 Å². The number of ether oxygens (including phenoxy) is 1. The zero-order chi connectivity index (χ0) is 11.8. The van der Waals surface area contributed by atoms with Crippen molar-refractivity contribution >= 4 is 0 Å². The minimum atomic E-state index is -4.37. The van der Waals surface area contributed by atoms with Gasteiger partial charge in [-0.15, -0.1) is 0 Å². The molecule has 2 unspecified atom stereocenters. The third-order valence-corrected chi connectivity index (χ3v) is 2.64. The molecule has 1 fully saturated rings. The number of aromatic nitrogens is 2. The van der Waals surface area contributed by atoms with Crippen molar-refractivity contribution in [3.8, 4) is 0 Å². The summed E-state index contributed by atoms with van der Waals surface area (Å²) >= 11 is 0. The molecule has 1 aromatic rings. The molecule has 90 valence electrons. The summed E-state index contributed by atoms with van der Waals surface area (Å²) in [6.07, 6.45) is -1.01. The average molecular weight is 234 g/mol. The molecule has 0 amide bonds. The summed E-state index contributed by atoms with van der Waals surface area (Å²) in [6, 6.07) is 0.985. The van der Waals surface area contributed by atoms with E-state index in [9.17, 15) is 13.2 Å². The van der Waals surface area contributed by atoms with E-state index in [0.717, 1.165) is 18.9 Å². The van der Waals surface area contributed by atoms with Gasteiger partial charge in [-0.05, 0) is 25.8 Å². The summed E-state index contributed by atoms with van der Waals surface area (Å²) in [5, 5.41) is 3.48. The summed E-state index contributed by atoms with van der Waals surface area (Å²) in [7, 11) is 0. The first-order chi connectivity index (χ1) is 7.45. The predicted octanol–water partition coefficient (Wildman–Crippen LogP) is 2.47. The van der Waals surface area contributed by atoms with E-state index in [4.69, 9.17) is 4.74 Å². The van der Waals surface area contributed by atoms with Crippen LogP contribution in [0.5, 0.6) is 0 Å². The van der Waals surface area contributed by atoms with Crippen LogP contribution < -0.4 is 0 Å². The molecule has 0 aromatic carbocycles. The van der Waals surface area contributed by atoms with Crippen molar-refractivity contribution in [1.82, 2.24) is 9.78 Å². The maximum absolute atomic E-state index is 12.3. The lowest BCUT2D eigenvalue weighted by molar-refractivity contribution is -0.141. The molecule has 1 aliphatic rings. The third kappa shape index (κ3) is 2.55. The van der Waals surface area contributed by atoms with E-state index in [-0.39, 0.29) is 12.2 Å². The fourth-order valence-corrected chi connectivity index (χ4v) is 1.84. The van der Waals surface area contributed by atoms with E-state index in [1.54, 1.807) is 0 Å². The molecule has 16 heavy (non-hydrogen) atoms. The van der Waals surface area contributed by atoms with Crippen LogP contribution in [0.4, 0.5) is 13.2 Å². The Morgan fingerprint density at radius 3 is 2.75 bits per heavy atom. The van der Waals surface area contributed by atoms with Crippen molar-refractivity contribution in [3.63, 3.8) is 0 Å². The number of halogens is 3. The van der Waals surface area contributed by atoms with Gasteiger partial charge < -0.3 is 4.74 Å². The molecule has 0 N–H and O–H groups in total. The lowest BCUT2D eigenvalue weighted by Gasteiger charge is -2.10. The molecule has 0 bridgehead atoms. The molecule has 2 rings (SSSR count). The Bertz CT molecular complexity index is 361. The molecule has 2 atom stereocenters. The molecule has 1 aromatic heterocycles. The van der Waals surface area contributed by atoms with E-state index >= 15 is 0 Å². The molecule has 3 nitrogen and oxygen atoms in total. The normalized spacial score (nSPS) is 26.2. The highest BCUT2D eigenvalue weighted by molar-refractivity contribution is 5.03. The van der Waals surface area contributed by atoms with Gasteiger partial charge in [0, 0.05) is 6.20 Å². The van der Waals surface area contributed by atoms with Crippen LogP contribution in [0.3, 0.4) is 0 Å². The largest absolute Gasteiger partial charge is 0.435 e. The highest BCUT2D eigenvalue weighted by Crippen LogP contribution is 2.27. The Balaban J connectivity index is 1.98. The quantitative estimate of drug-likeness (QED) is 0.786. The molecule has 0 radical (unpaired) electrons. The van der Waals surface area contributed by atoms with Crippen molar-refractivity contribution in [3.05, 3.63) is 18.0 Å². The molecule has 6 heteroatoms. The molecule has 1 saturated heterocycles. The van der Waals surface area contributed by atoms with E-state index in [2.05, 4.69) is 5.10 Å². The van der Waals surface area contributed by atoms with Gasteiger partial charge in [0.15, 0.2) is 5.69 Å². The van der Waals surface area contributed by atoms with Crippen LogP contribution in [-0.2, 0) is 17.5 Å². The molecule has 0 spiro atoms. The van der Waals surface area contributed by atoms with Gasteiger partial charge in [-0.25, -0.2) is 0 Å². The van der Waals surface area contributed by atoms with Crippen LogP contribution in [-0.4, -0.2) is 22.0 Å². The Kier molecular flexibility index (Phi) is 2.92. The molecule has 0 aliphatic carbocycles. The second-order valence-electron chi connectivity index (χ2n) is 4.07. The first kappa shape index (κ1) is 11.4. The summed E-state index contributed by atoms with van der Waals surface area (Å²) in [5.74, 6) is 0. The minimum absolute atomic E-state index is 0.0176. The van der Waals surface area contributed by atoms with Crippen molar-refractivity contribution in [2.75, 3.05) is 0 Å². The number of alkyl halides is 3. The summed E-state index contributed by atoms with van der Waals surface area (Å²) in [5.41, 5.74) is -0.849. The number of hydrogen-bond donors (Lipinski definition) is 0. The number of nitrogens with zero attached hydrogens (tertiary/aromatic N) is 2. The molecular weight excluding hydrogens is 221 g/mol. The van der Waals surface area contributed by atoms with Crippen LogP contribution in [0.25, 0.3) is 0 Å². The first-order valence-corrected chi connectivity index (χ1v) is 5.21. The van der Waals surface area contributed by atoms with Gasteiger partial charge in [0.2, 0.25) is 0 Å². The Hall–Kier alpha value is -1.04. The maximum atomic E-state index is 12.3. The second kappa shape index (κ2) is 4.08. The van der Waals surface area contributed by atoms with Gasteiger partial charge in [0.05, 0.1) is 18.8 Å². The Morgan fingerprint density at radius 2 is 2.25 bits per heavy atom. The van der Waals surface area contributed by atoms with E-state index in [1.165, 1.54) is 10.9 Å². The topological polar surface area (TPSA) is 27.1 Å². The van der Waals surface area contributed by atoms with E-state index < -0.39 is 11.9 Å². The van der Waals surface area contributed by atoms with Crippen LogP contribution in [0.1, 0.15) is 25.5 Å². The van der Waals surface area contributed by atoms with E-state index in [0.29, 0.717) is 6.54 Å². The zero-order valence-corrected chi connectivity index (χ0v) is 8.87. The van der Waals surface area contributed by atoms with Gasteiger partial charge in [0.1, 0.15) is 0 Å². The van der Waals surface area contributed by atoms with Crippen LogP contribution in [0.2, 0.25) is 0 Å². The number of rotatable bonds is 2. The number of hydrogen-bond acceptors (Lipinski definition) is 2. The highest BCUT2D eigenvalue weighted by Gasteiger charge is 2.33. The smallest absolute Gasteiger partial charge is 0.373 e. The minimum Gasteiger partial charge on any atom is -0.373 e. The maximum Gasteiger partial charge on any atom is 0.435 e.